The molecule has 130 valence electrons. The predicted molar refractivity (Wildman–Crippen MR) is 95.0 cm³/mol. The molecule has 3 fully saturated rings. The fourth-order valence-electron chi connectivity index (χ4n) is 7.04. The molecule has 0 aromatic carbocycles. The summed E-state index contributed by atoms with van der Waals surface area (Å²) >= 11 is 0. The Morgan fingerprint density at radius 1 is 1.21 bits per heavy atom. The van der Waals surface area contributed by atoms with Crippen LogP contribution in [0.3, 0.4) is 0 Å². The van der Waals surface area contributed by atoms with Crippen molar-refractivity contribution >= 4 is 5.78 Å². The van der Waals surface area contributed by atoms with Crippen molar-refractivity contribution in [2.75, 3.05) is 0 Å². The maximum absolute atomic E-state index is 12.0. The Morgan fingerprint density at radius 3 is 2.75 bits per heavy atom. The highest BCUT2D eigenvalue weighted by Crippen LogP contribution is 2.66. The largest absolute Gasteiger partial charge is 0.393 e. The van der Waals surface area contributed by atoms with E-state index < -0.39 is 0 Å². The summed E-state index contributed by atoms with van der Waals surface area (Å²) in [6.07, 6.45) is 8.88. The second kappa shape index (κ2) is 5.46. The molecule has 4 aliphatic rings. The van der Waals surface area contributed by atoms with Gasteiger partial charge in [-0.1, -0.05) is 25.3 Å². The molecule has 1 N–H and O–H groups in total. The minimum atomic E-state index is -0.165. The standard InChI is InChI=1S/C22H30O2/c1-4-5-14-13-22(3)18(8-9-19(22)24)17-7-6-15-12-16(23)10-11-21(15,2)20(14)17/h12,14,17-20,24H,6-11,13H2,1-3H3/t14?,17?,18?,19-,20?,21?,22?/m0/s1. The van der Waals surface area contributed by atoms with E-state index >= 15 is 0 Å². The van der Waals surface area contributed by atoms with Crippen molar-refractivity contribution in [1.82, 2.24) is 0 Å². The third-order valence-electron chi connectivity index (χ3n) is 8.20. The molecule has 0 bridgehead atoms. The number of allylic oxidation sites excluding steroid dienone is 1. The molecule has 2 nitrogen and oxygen atoms in total. The number of aliphatic hydroxyl groups is 1. The quantitative estimate of drug-likeness (QED) is 0.680. The summed E-state index contributed by atoms with van der Waals surface area (Å²) in [5.74, 6) is 9.24. The van der Waals surface area contributed by atoms with Crippen LogP contribution in [0, 0.1) is 46.3 Å². The van der Waals surface area contributed by atoms with E-state index in [-0.39, 0.29) is 16.9 Å². The lowest BCUT2D eigenvalue weighted by Gasteiger charge is -2.59. The molecular weight excluding hydrogens is 296 g/mol. The number of ketones is 1. The van der Waals surface area contributed by atoms with Gasteiger partial charge >= 0.3 is 0 Å². The molecule has 4 rings (SSSR count). The van der Waals surface area contributed by atoms with Crippen LogP contribution in [0.25, 0.3) is 0 Å². The van der Waals surface area contributed by atoms with E-state index in [0.717, 1.165) is 25.7 Å². The number of aliphatic hydroxyl groups excluding tert-OH is 1. The molecular formula is C22H30O2. The molecule has 24 heavy (non-hydrogen) atoms. The van der Waals surface area contributed by atoms with Crippen LogP contribution in [-0.2, 0) is 4.79 Å². The molecule has 0 amide bonds. The molecule has 3 saturated carbocycles. The highest BCUT2D eigenvalue weighted by molar-refractivity contribution is 5.91. The average Bonchev–Trinajstić information content (AvgIpc) is 2.83. The van der Waals surface area contributed by atoms with Crippen LogP contribution in [0.15, 0.2) is 11.6 Å². The first kappa shape index (κ1) is 16.4. The minimum Gasteiger partial charge on any atom is -0.393 e. The van der Waals surface area contributed by atoms with Gasteiger partial charge in [0.05, 0.1) is 6.10 Å². The van der Waals surface area contributed by atoms with Crippen molar-refractivity contribution in [3.63, 3.8) is 0 Å². The van der Waals surface area contributed by atoms with Gasteiger partial charge in [0, 0.05) is 12.3 Å². The highest BCUT2D eigenvalue weighted by Gasteiger charge is 2.61. The monoisotopic (exact) mass is 326 g/mol. The maximum atomic E-state index is 12.0. The Hall–Kier alpha value is -1.07. The third-order valence-corrected chi connectivity index (χ3v) is 8.20. The lowest BCUT2D eigenvalue weighted by atomic mass is 9.44. The zero-order valence-corrected chi connectivity index (χ0v) is 15.3. The fourth-order valence-corrected chi connectivity index (χ4v) is 7.04. The molecule has 2 heteroatoms. The zero-order chi connectivity index (χ0) is 17.1. The van der Waals surface area contributed by atoms with Crippen molar-refractivity contribution in [2.45, 2.75) is 71.8 Å². The van der Waals surface area contributed by atoms with Crippen molar-refractivity contribution in [3.05, 3.63) is 11.6 Å². The van der Waals surface area contributed by atoms with Crippen LogP contribution in [0.1, 0.15) is 65.7 Å². The molecule has 0 aromatic heterocycles. The lowest BCUT2D eigenvalue weighted by molar-refractivity contribution is -0.119. The number of hydrogen-bond donors (Lipinski definition) is 1. The van der Waals surface area contributed by atoms with E-state index in [9.17, 15) is 9.90 Å². The second-order valence-electron chi connectivity index (χ2n) is 9.19. The summed E-state index contributed by atoms with van der Waals surface area (Å²) < 4.78 is 0. The Kier molecular flexibility index (Phi) is 3.73. The van der Waals surface area contributed by atoms with Crippen molar-refractivity contribution in [1.29, 1.82) is 0 Å². The maximum Gasteiger partial charge on any atom is 0.155 e. The highest BCUT2D eigenvalue weighted by atomic mass is 16.3. The molecule has 0 spiro atoms. The number of hydrogen-bond acceptors (Lipinski definition) is 2. The second-order valence-corrected chi connectivity index (χ2v) is 9.19. The molecule has 0 saturated heterocycles. The smallest absolute Gasteiger partial charge is 0.155 e. The summed E-state index contributed by atoms with van der Waals surface area (Å²) in [5, 5.41) is 10.7. The van der Waals surface area contributed by atoms with Gasteiger partial charge in [-0.3, -0.25) is 4.79 Å². The zero-order valence-electron chi connectivity index (χ0n) is 15.3. The van der Waals surface area contributed by atoms with Crippen LogP contribution in [-0.4, -0.2) is 17.0 Å². The SMILES string of the molecule is CC#CC1CC2(C)C(CC[C@@H]2O)C2CCC3=CC(=O)CCC3(C)C12. The molecule has 0 aromatic rings. The summed E-state index contributed by atoms with van der Waals surface area (Å²) in [6, 6.07) is 0. The predicted octanol–water partition coefficient (Wildman–Crippen LogP) is 4.13. The van der Waals surface area contributed by atoms with Crippen LogP contribution >= 0.6 is 0 Å². The van der Waals surface area contributed by atoms with Crippen molar-refractivity contribution in [3.8, 4) is 11.8 Å². The van der Waals surface area contributed by atoms with Gasteiger partial charge in [0.25, 0.3) is 0 Å². The Labute approximate surface area is 146 Å². The van der Waals surface area contributed by atoms with Gasteiger partial charge in [-0.15, -0.1) is 5.92 Å². The van der Waals surface area contributed by atoms with E-state index in [0.29, 0.717) is 35.9 Å². The van der Waals surface area contributed by atoms with E-state index in [2.05, 4.69) is 25.7 Å². The van der Waals surface area contributed by atoms with E-state index in [1.165, 1.54) is 18.4 Å². The van der Waals surface area contributed by atoms with E-state index in [1.807, 2.05) is 13.0 Å². The first-order chi connectivity index (χ1) is 11.4. The summed E-state index contributed by atoms with van der Waals surface area (Å²) in [6.45, 7) is 6.66. The van der Waals surface area contributed by atoms with Gasteiger partial charge in [0.15, 0.2) is 5.78 Å². The lowest BCUT2D eigenvalue weighted by Crippen LogP contribution is -2.54. The minimum absolute atomic E-state index is 0.0394. The molecule has 0 radical (unpaired) electrons. The fraction of sp³-hybridized carbons (Fsp3) is 0.773. The normalized spacial score (nSPS) is 50.1. The van der Waals surface area contributed by atoms with Gasteiger partial charge in [0.1, 0.15) is 0 Å². The number of carbonyl (C=O) groups is 1. The van der Waals surface area contributed by atoms with Crippen LogP contribution < -0.4 is 0 Å². The number of carbonyl (C=O) groups excluding carboxylic acids is 1. The number of rotatable bonds is 0. The number of fused-ring (bicyclic) bond motifs is 5. The molecule has 6 unspecified atom stereocenters. The van der Waals surface area contributed by atoms with Gasteiger partial charge in [-0.25, -0.2) is 0 Å². The Bertz CT molecular complexity index is 651. The first-order valence-electron chi connectivity index (χ1n) is 9.74. The molecule has 4 aliphatic carbocycles. The molecule has 0 heterocycles. The van der Waals surface area contributed by atoms with Gasteiger partial charge in [-0.2, -0.15) is 0 Å². The topological polar surface area (TPSA) is 37.3 Å². The Balaban J connectivity index is 1.79. The van der Waals surface area contributed by atoms with Crippen LogP contribution in [0.4, 0.5) is 0 Å². The first-order valence-corrected chi connectivity index (χ1v) is 9.74. The van der Waals surface area contributed by atoms with Crippen LogP contribution in [0.2, 0.25) is 0 Å². The average molecular weight is 326 g/mol. The van der Waals surface area contributed by atoms with Gasteiger partial charge in [-0.05, 0) is 80.1 Å². The van der Waals surface area contributed by atoms with Crippen LogP contribution in [0.5, 0.6) is 0 Å². The van der Waals surface area contributed by atoms with E-state index in [4.69, 9.17) is 0 Å². The van der Waals surface area contributed by atoms with Crippen molar-refractivity contribution < 1.29 is 9.90 Å². The third kappa shape index (κ3) is 2.10. The molecule has 7 atom stereocenters. The Morgan fingerprint density at radius 2 is 2.00 bits per heavy atom. The summed E-state index contributed by atoms with van der Waals surface area (Å²) in [5.41, 5.74) is 1.57. The van der Waals surface area contributed by atoms with Crippen molar-refractivity contribution in [2.24, 2.45) is 34.5 Å². The summed E-state index contributed by atoms with van der Waals surface area (Å²) in [4.78, 5) is 12.0. The summed E-state index contributed by atoms with van der Waals surface area (Å²) in [7, 11) is 0. The van der Waals surface area contributed by atoms with Gasteiger partial charge in [0.2, 0.25) is 0 Å². The molecule has 0 aliphatic heterocycles. The van der Waals surface area contributed by atoms with Gasteiger partial charge < -0.3 is 5.11 Å². The van der Waals surface area contributed by atoms with E-state index in [1.54, 1.807) is 0 Å².